The Balaban J connectivity index is 1.56. The average Bonchev–Trinajstić information content (AvgIpc) is 2.53. The van der Waals surface area contributed by atoms with Gasteiger partial charge in [-0.3, -0.25) is 4.90 Å². The van der Waals surface area contributed by atoms with Crippen molar-refractivity contribution >= 4 is 0 Å². The van der Waals surface area contributed by atoms with Gasteiger partial charge in [0.25, 0.3) is 0 Å². The molecule has 2 heteroatoms. The molecule has 1 aromatic rings. The van der Waals surface area contributed by atoms with Crippen LogP contribution < -0.4 is 0 Å². The van der Waals surface area contributed by atoms with Crippen LogP contribution in [0.1, 0.15) is 63.0 Å². The number of benzene rings is 1. The zero-order valence-corrected chi connectivity index (χ0v) is 15.0. The van der Waals surface area contributed by atoms with E-state index >= 15 is 0 Å². The van der Waals surface area contributed by atoms with E-state index in [1.165, 1.54) is 75.6 Å². The van der Waals surface area contributed by atoms with Crippen LogP contribution in [0.5, 0.6) is 5.75 Å². The van der Waals surface area contributed by atoms with Gasteiger partial charge in [0.05, 0.1) is 0 Å². The Morgan fingerprint density at radius 1 is 1.17 bits per heavy atom. The average molecular weight is 325 g/mol. The number of nitrogens with zero attached hydrogens (tertiary/aromatic N) is 1. The molecule has 1 aliphatic heterocycles. The number of phenolic OH excluding ortho intramolecular Hbond substituents is 1. The standard InChI is InChI=1S/C22H31NO/c1-15-4-3-9-22-10-11-23(14-16-5-2-6-16)20(21(15)22)12-17-7-8-18(24)13-19(17)22/h7-8,13,15-16,20-21,24H,2-6,9-12,14H2,1H3/t15-,20+,21?,22-/m0/s1. The minimum Gasteiger partial charge on any atom is -0.508 e. The number of piperidine rings is 1. The molecule has 2 saturated carbocycles. The number of hydrogen-bond donors (Lipinski definition) is 1. The van der Waals surface area contributed by atoms with E-state index in [-0.39, 0.29) is 0 Å². The van der Waals surface area contributed by atoms with E-state index in [4.69, 9.17) is 0 Å². The van der Waals surface area contributed by atoms with E-state index in [0.29, 0.717) is 11.2 Å². The van der Waals surface area contributed by atoms with Crippen LogP contribution in [0.25, 0.3) is 0 Å². The summed E-state index contributed by atoms with van der Waals surface area (Å²) < 4.78 is 0. The van der Waals surface area contributed by atoms with E-state index in [9.17, 15) is 5.11 Å². The first-order chi connectivity index (χ1) is 11.7. The second-order valence-electron chi connectivity index (χ2n) is 9.21. The molecule has 1 heterocycles. The summed E-state index contributed by atoms with van der Waals surface area (Å²) >= 11 is 0. The summed E-state index contributed by atoms with van der Waals surface area (Å²) in [6.07, 6.45) is 11.0. The van der Waals surface area contributed by atoms with Gasteiger partial charge in [-0.15, -0.1) is 0 Å². The van der Waals surface area contributed by atoms with Crippen molar-refractivity contribution in [1.29, 1.82) is 0 Å². The molecule has 1 unspecified atom stereocenters. The Kier molecular flexibility index (Phi) is 3.49. The molecule has 1 saturated heterocycles. The zero-order valence-electron chi connectivity index (χ0n) is 15.0. The Morgan fingerprint density at radius 2 is 2.04 bits per heavy atom. The van der Waals surface area contributed by atoms with Crippen LogP contribution in [-0.4, -0.2) is 29.1 Å². The second kappa shape index (κ2) is 5.49. The van der Waals surface area contributed by atoms with Crippen LogP contribution in [0.15, 0.2) is 18.2 Å². The number of hydrogen-bond acceptors (Lipinski definition) is 2. The SMILES string of the molecule is C[C@H]1CCC[C@]23CCN(CC4CCC4)[C@H](Cc4ccc(O)cc42)C13. The van der Waals surface area contributed by atoms with Crippen LogP contribution in [0, 0.1) is 17.8 Å². The van der Waals surface area contributed by atoms with Crippen LogP contribution >= 0.6 is 0 Å². The highest BCUT2D eigenvalue weighted by atomic mass is 16.3. The van der Waals surface area contributed by atoms with Crippen molar-refractivity contribution in [2.45, 2.75) is 69.7 Å². The maximum Gasteiger partial charge on any atom is 0.115 e. The van der Waals surface area contributed by atoms with Gasteiger partial charge in [0.1, 0.15) is 5.75 Å². The molecule has 4 atom stereocenters. The number of fused-ring (bicyclic) bond motifs is 1. The summed E-state index contributed by atoms with van der Waals surface area (Å²) in [6.45, 7) is 5.13. The molecule has 0 radical (unpaired) electrons. The molecular formula is C22H31NO. The summed E-state index contributed by atoms with van der Waals surface area (Å²) in [5, 5.41) is 10.1. The van der Waals surface area contributed by atoms with Gasteiger partial charge in [0, 0.05) is 18.0 Å². The molecule has 130 valence electrons. The van der Waals surface area contributed by atoms with Crippen LogP contribution in [-0.2, 0) is 11.8 Å². The van der Waals surface area contributed by atoms with Crippen molar-refractivity contribution in [1.82, 2.24) is 4.90 Å². The molecule has 1 aromatic carbocycles. The normalized spacial score (nSPS) is 39.0. The predicted octanol–water partition coefficient (Wildman–Crippen LogP) is 4.50. The molecule has 2 bridgehead atoms. The summed E-state index contributed by atoms with van der Waals surface area (Å²) in [4.78, 5) is 2.88. The number of phenols is 1. The van der Waals surface area contributed by atoms with Crippen molar-refractivity contribution in [3.8, 4) is 5.75 Å². The van der Waals surface area contributed by atoms with Gasteiger partial charge in [0.2, 0.25) is 0 Å². The van der Waals surface area contributed by atoms with E-state index < -0.39 is 0 Å². The first-order valence-corrected chi connectivity index (χ1v) is 10.2. The van der Waals surface area contributed by atoms with Crippen molar-refractivity contribution in [3.05, 3.63) is 29.3 Å². The minimum absolute atomic E-state index is 0.352. The third kappa shape index (κ3) is 2.11. The van der Waals surface area contributed by atoms with Gasteiger partial charge in [-0.25, -0.2) is 0 Å². The highest BCUT2D eigenvalue weighted by Gasteiger charge is 2.56. The summed E-state index contributed by atoms with van der Waals surface area (Å²) in [6, 6.07) is 7.00. The molecule has 3 aliphatic carbocycles. The molecular weight excluding hydrogens is 294 g/mol. The topological polar surface area (TPSA) is 23.5 Å². The Bertz CT molecular complexity index is 637. The summed E-state index contributed by atoms with van der Waals surface area (Å²) in [5.74, 6) is 3.06. The Labute approximate surface area is 146 Å². The van der Waals surface area contributed by atoms with Crippen LogP contribution in [0.2, 0.25) is 0 Å². The Hall–Kier alpha value is -1.02. The predicted molar refractivity (Wildman–Crippen MR) is 97.3 cm³/mol. The lowest BCUT2D eigenvalue weighted by Gasteiger charge is -2.61. The van der Waals surface area contributed by atoms with Gasteiger partial charge in [-0.2, -0.15) is 0 Å². The molecule has 1 N–H and O–H groups in total. The molecule has 3 fully saturated rings. The molecule has 24 heavy (non-hydrogen) atoms. The van der Waals surface area contributed by atoms with Crippen molar-refractivity contribution < 1.29 is 5.11 Å². The van der Waals surface area contributed by atoms with Crippen LogP contribution in [0.4, 0.5) is 0 Å². The number of rotatable bonds is 2. The number of likely N-dealkylation sites (tertiary alicyclic amines) is 1. The van der Waals surface area contributed by atoms with Gasteiger partial charge in [-0.05, 0) is 79.7 Å². The highest BCUT2D eigenvalue weighted by Crippen LogP contribution is 2.58. The third-order valence-electron chi connectivity index (χ3n) is 8.04. The van der Waals surface area contributed by atoms with Crippen molar-refractivity contribution in [2.24, 2.45) is 17.8 Å². The fourth-order valence-electron chi connectivity index (χ4n) is 6.78. The zero-order chi connectivity index (χ0) is 16.3. The molecule has 4 aliphatic rings. The quantitative estimate of drug-likeness (QED) is 0.865. The summed E-state index contributed by atoms with van der Waals surface area (Å²) in [7, 11) is 0. The lowest BCUT2D eigenvalue weighted by molar-refractivity contribution is -0.0488. The second-order valence-corrected chi connectivity index (χ2v) is 9.21. The van der Waals surface area contributed by atoms with Gasteiger partial charge < -0.3 is 5.11 Å². The van der Waals surface area contributed by atoms with E-state index in [1.807, 2.05) is 6.07 Å². The molecule has 5 rings (SSSR count). The summed E-state index contributed by atoms with van der Waals surface area (Å²) in [5.41, 5.74) is 3.39. The molecule has 0 spiro atoms. The monoisotopic (exact) mass is 325 g/mol. The van der Waals surface area contributed by atoms with Crippen LogP contribution in [0.3, 0.4) is 0 Å². The van der Waals surface area contributed by atoms with E-state index in [1.54, 1.807) is 0 Å². The highest BCUT2D eigenvalue weighted by molar-refractivity contribution is 5.45. The van der Waals surface area contributed by atoms with Gasteiger partial charge >= 0.3 is 0 Å². The van der Waals surface area contributed by atoms with Gasteiger partial charge in [-0.1, -0.05) is 32.3 Å². The smallest absolute Gasteiger partial charge is 0.115 e. The molecule has 0 aromatic heterocycles. The lowest BCUT2D eigenvalue weighted by Crippen LogP contribution is -2.63. The fraction of sp³-hybridized carbons (Fsp3) is 0.727. The Morgan fingerprint density at radius 3 is 2.83 bits per heavy atom. The fourth-order valence-corrected chi connectivity index (χ4v) is 6.78. The lowest BCUT2D eigenvalue weighted by atomic mass is 9.49. The van der Waals surface area contributed by atoms with Crippen molar-refractivity contribution in [3.63, 3.8) is 0 Å². The number of aromatic hydroxyl groups is 1. The molecule has 2 nitrogen and oxygen atoms in total. The first-order valence-electron chi connectivity index (χ1n) is 10.2. The maximum absolute atomic E-state index is 10.1. The van der Waals surface area contributed by atoms with E-state index in [0.717, 1.165) is 23.8 Å². The van der Waals surface area contributed by atoms with Crippen molar-refractivity contribution in [2.75, 3.05) is 13.1 Å². The minimum atomic E-state index is 0.352. The van der Waals surface area contributed by atoms with Gasteiger partial charge in [0.15, 0.2) is 0 Å². The van der Waals surface area contributed by atoms with E-state index in [2.05, 4.69) is 24.0 Å². The molecule has 0 amide bonds. The third-order valence-corrected chi connectivity index (χ3v) is 8.04. The maximum atomic E-state index is 10.1. The first kappa shape index (κ1) is 15.3. The largest absolute Gasteiger partial charge is 0.508 e.